The Morgan fingerprint density at radius 2 is 2.21 bits per heavy atom. The van der Waals surface area contributed by atoms with Gasteiger partial charge < -0.3 is 10.1 Å². The van der Waals surface area contributed by atoms with Crippen LogP contribution in [0.15, 0.2) is 18.5 Å². The van der Waals surface area contributed by atoms with Crippen molar-refractivity contribution in [1.82, 2.24) is 15.3 Å². The molecular weight excluding hydrogens is 178 g/mol. The summed E-state index contributed by atoms with van der Waals surface area (Å²) >= 11 is 0. The molecular formula is C10H13N3O. The quantitative estimate of drug-likeness (QED) is 0.753. The van der Waals surface area contributed by atoms with Crippen LogP contribution in [0.5, 0.6) is 5.88 Å². The predicted octanol–water partition coefficient (Wildman–Crippen LogP) is 0.862. The van der Waals surface area contributed by atoms with Gasteiger partial charge in [-0.2, -0.15) is 0 Å². The maximum Gasteiger partial charge on any atom is 0.239 e. The molecule has 14 heavy (non-hydrogen) atoms. The largest absolute Gasteiger partial charge is 0.479 e. The molecule has 0 bridgehead atoms. The average molecular weight is 191 g/mol. The number of rotatable bonds is 2. The minimum Gasteiger partial charge on any atom is -0.479 e. The molecule has 1 aromatic heterocycles. The van der Waals surface area contributed by atoms with Crippen LogP contribution < -0.4 is 10.1 Å². The van der Waals surface area contributed by atoms with E-state index < -0.39 is 0 Å². The van der Waals surface area contributed by atoms with Gasteiger partial charge in [-0.25, -0.2) is 9.97 Å². The second kappa shape index (κ2) is 4.19. The molecule has 4 nitrogen and oxygen atoms in total. The van der Waals surface area contributed by atoms with Crippen LogP contribution in [-0.2, 0) is 0 Å². The van der Waals surface area contributed by atoms with Gasteiger partial charge in [-0.3, -0.25) is 0 Å². The van der Waals surface area contributed by atoms with Gasteiger partial charge in [0.25, 0.3) is 0 Å². The third-order valence-electron chi connectivity index (χ3n) is 2.23. The van der Waals surface area contributed by atoms with Crippen molar-refractivity contribution in [3.05, 3.63) is 24.2 Å². The third kappa shape index (κ3) is 1.75. The molecule has 2 rings (SSSR count). The maximum atomic E-state index is 5.16. The van der Waals surface area contributed by atoms with Crippen LogP contribution >= 0.6 is 0 Å². The Hall–Kier alpha value is -1.42. The van der Waals surface area contributed by atoms with E-state index in [1.807, 2.05) is 0 Å². The first kappa shape index (κ1) is 9.15. The number of nitrogens with zero attached hydrogens (tertiary/aromatic N) is 2. The lowest BCUT2D eigenvalue weighted by atomic mass is 10.1. The van der Waals surface area contributed by atoms with Gasteiger partial charge in [0.05, 0.1) is 7.11 Å². The highest BCUT2D eigenvalue weighted by atomic mass is 16.5. The molecule has 0 saturated heterocycles. The highest BCUT2D eigenvalue weighted by Gasteiger charge is 2.12. The van der Waals surface area contributed by atoms with E-state index in [-0.39, 0.29) is 0 Å². The van der Waals surface area contributed by atoms with E-state index in [1.54, 1.807) is 19.5 Å². The van der Waals surface area contributed by atoms with E-state index in [1.165, 1.54) is 5.57 Å². The molecule has 0 radical (unpaired) electrons. The Bertz CT molecular complexity index is 349. The van der Waals surface area contributed by atoms with Gasteiger partial charge in [0, 0.05) is 18.9 Å². The summed E-state index contributed by atoms with van der Waals surface area (Å²) in [7, 11) is 1.62. The minimum atomic E-state index is 0.612. The molecule has 0 saturated carbocycles. The van der Waals surface area contributed by atoms with Crippen LogP contribution in [0.4, 0.5) is 0 Å². The van der Waals surface area contributed by atoms with Gasteiger partial charge in [0.15, 0.2) is 0 Å². The molecule has 0 atom stereocenters. The van der Waals surface area contributed by atoms with Gasteiger partial charge in [0.1, 0.15) is 5.69 Å². The molecule has 0 fully saturated rings. The summed E-state index contributed by atoms with van der Waals surface area (Å²) in [5.41, 5.74) is 2.09. The standard InChI is InChI=1S/C10H13N3O/c1-14-10-9(12-6-7-13-10)8-2-4-11-5-3-8/h2,6-7,11H,3-5H2,1H3. The Morgan fingerprint density at radius 1 is 1.36 bits per heavy atom. The summed E-state index contributed by atoms with van der Waals surface area (Å²) in [6.07, 6.45) is 6.45. The Kier molecular flexibility index (Phi) is 2.74. The van der Waals surface area contributed by atoms with Crippen molar-refractivity contribution in [3.8, 4) is 5.88 Å². The lowest BCUT2D eigenvalue weighted by Gasteiger charge is -2.14. The second-order valence-corrected chi connectivity index (χ2v) is 3.10. The van der Waals surface area contributed by atoms with Crippen molar-refractivity contribution in [2.24, 2.45) is 0 Å². The highest BCUT2D eigenvalue weighted by Crippen LogP contribution is 2.24. The van der Waals surface area contributed by atoms with E-state index in [0.717, 1.165) is 25.2 Å². The minimum absolute atomic E-state index is 0.612. The summed E-state index contributed by atoms with van der Waals surface area (Å²) in [4.78, 5) is 8.42. The molecule has 0 amide bonds. The van der Waals surface area contributed by atoms with Gasteiger partial charge >= 0.3 is 0 Å². The van der Waals surface area contributed by atoms with E-state index in [9.17, 15) is 0 Å². The summed E-state index contributed by atoms with van der Waals surface area (Å²) < 4.78 is 5.16. The maximum absolute atomic E-state index is 5.16. The van der Waals surface area contributed by atoms with E-state index in [0.29, 0.717) is 5.88 Å². The first-order valence-corrected chi connectivity index (χ1v) is 4.67. The van der Waals surface area contributed by atoms with Crippen molar-refractivity contribution < 1.29 is 4.74 Å². The van der Waals surface area contributed by atoms with Crippen LogP contribution in [0.1, 0.15) is 12.1 Å². The first-order valence-electron chi connectivity index (χ1n) is 4.67. The molecule has 2 heterocycles. The third-order valence-corrected chi connectivity index (χ3v) is 2.23. The molecule has 0 aliphatic carbocycles. The molecule has 1 aliphatic heterocycles. The molecule has 0 unspecified atom stereocenters. The Balaban J connectivity index is 2.34. The van der Waals surface area contributed by atoms with Crippen molar-refractivity contribution in [3.63, 3.8) is 0 Å². The van der Waals surface area contributed by atoms with Gasteiger partial charge in [0.2, 0.25) is 5.88 Å². The fraction of sp³-hybridized carbons (Fsp3) is 0.400. The predicted molar refractivity (Wildman–Crippen MR) is 54.0 cm³/mol. The first-order chi connectivity index (χ1) is 6.92. The monoisotopic (exact) mass is 191 g/mol. The van der Waals surface area contributed by atoms with Crippen LogP contribution in [0.2, 0.25) is 0 Å². The van der Waals surface area contributed by atoms with Crippen molar-refractivity contribution in [2.45, 2.75) is 6.42 Å². The molecule has 1 N–H and O–H groups in total. The summed E-state index contributed by atoms with van der Waals surface area (Å²) in [6, 6.07) is 0. The summed E-state index contributed by atoms with van der Waals surface area (Å²) in [5, 5.41) is 3.26. The average Bonchev–Trinajstić information content (AvgIpc) is 2.30. The van der Waals surface area contributed by atoms with Crippen LogP contribution in [0, 0.1) is 0 Å². The molecule has 0 spiro atoms. The summed E-state index contributed by atoms with van der Waals surface area (Å²) in [5.74, 6) is 0.612. The second-order valence-electron chi connectivity index (χ2n) is 3.10. The number of hydrogen-bond donors (Lipinski definition) is 1. The number of aromatic nitrogens is 2. The lowest BCUT2D eigenvalue weighted by Crippen LogP contribution is -2.20. The lowest BCUT2D eigenvalue weighted by molar-refractivity contribution is 0.393. The number of ether oxygens (including phenoxy) is 1. The number of hydrogen-bond acceptors (Lipinski definition) is 4. The zero-order valence-electron chi connectivity index (χ0n) is 8.16. The summed E-state index contributed by atoms with van der Waals surface area (Å²) in [6.45, 7) is 1.89. The zero-order chi connectivity index (χ0) is 9.80. The SMILES string of the molecule is COc1nccnc1C1=CCNCC1. The van der Waals surface area contributed by atoms with Gasteiger partial charge in [-0.1, -0.05) is 6.08 Å². The van der Waals surface area contributed by atoms with Crippen LogP contribution in [0.25, 0.3) is 5.57 Å². The Labute approximate surface area is 83.0 Å². The van der Waals surface area contributed by atoms with E-state index >= 15 is 0 Å². The van der Waals surface area contributed by atoms with Gasteiger partial charge in [-0.15, -0.1) is 0 Å². The van der Waals surface area contributed by atoms with Crippen molar-refractivity contribution in [2.75, 3.05) is 20.2 Å². The Morgan fingerprint density at radius 3 is 2.93 bits per heavy atom. The van der Waals surface area contributed by atoms with Crippen molar-refractivity contribution >= 4 is 5.57 Å². The van der Waals surface area contributed by atoms with E-state index in [2.05, 4.69) is 21.4 Å². The number of methoxy groups -OCH3 is 1. The fourth-order valence-corrected chi connectivity index (χ4v) is 1.53. The zero-order valence-corrected chi connectivity index (χ0v) is 8.16. The molecule has 1 aliphatic rings. The van der Waals surface area contributed by atoms with Crippen LogP contribution in [0.3, 0.4) is 0 Å². The van der Waals surface area contributed by atoms with Gasteiger partial charge in [-0.05, 0) is 18.5 Å². The fourth-order valence-electron chi connectivity index (χ4n) is 1.53. The number of nitrogens with one attached hydrogen (secondary N) is 1. The van der Waals surface area contributed by atoms with E-state index in [4.69, 9.17) is 4.74 Å². The topological polar surface area (TPSA) is 47.0 Å². The van der Waals surface area contributed by atoms with Crippen LogP contribution in [-0.4, -0.2) is 30.2 Å². The highest BCUT2D eigenvalue weighted by molar-refractivity contribution is 5.66. The molecule has 1 aromatic rings. The molecule has 0 aromatic carbocycles. The normalized spacial score (nSPS) is 16.2. The smallest absolute Gasteiger partial charge is 0.239 e. The van der Waals surface area contributed by atoms with Crippen molar-refractivity contribution in [1.29, 1.82) is 0 Å². The molecule has 74 valence electrons. The molecule has 4 heteroatoms.